The van der Waals surface area contributed by atoms with Crippen LogP contribution in [0.2, 0.25) is 0 Å². The van der Waals surface area contributed by atoms with Gasteiger partial charge in [-0.15, -0.1) is 0 Å². The van der Waals surface area contributed by atoms with Crippen molar-refractivity contribution < 1.29 is 9.72 Å². The molecule has 12 nitrogen and oxygen atoms in total. The summed E-state index contributed by atoms with van der Waals surface area (Å²) in [7, 11) is 0. The van der Waals surface area contributed by atoms with Gasteiger partial charge in [0.2, 0.25) is 0 Å². The highest BCUT2D eigenvalue weighted by atomic mass is 16.6. The molecule has 0 saturated heterocycles. The lowest BCUT2D eigenvalue weighted by Gasteiger charge is -2.07. The summed E-state index contributed by atoms with van der Waals surface area (Å²) < 4.78 is 2.88. The van der Waals surface area contributed by atoms with Gasteiger partial charge in [0.25, 0.3) is 22.7 Å². The van der Waals surface area contributed by atoms with Crippen LogP contribution in [-0.2, 0) is 13.1 Å². The Bertz CT molecular complexity index is 1420. The van der Waals surface area contributed by atoms with Crippen molar-refractivity contribution in [3.05, 3.63) is 97.1 Å². The molecule has 3 aromatic heterocycles. The molecule has 4 aromatic rings. The standard InChI is InChI=1S/C20H17N7O5/c28-18-15(2-1-7-21-18)19(29)22-8-9-26-17-16(10-24-26)20(30)25(12-23-17)11-13-3-5-14(6-4-13)27(31)32/h1-7,10,12H,8-9,11H2,(H,21,28)(H,22,29). The van der Waals surface area contributed by atoms with Gasteiger partial charge in [-0.25, -0.2) is 9.67 Å². The van der Waals surface area contributed by atoms with Crippen LogP contribution in [0.1, 0.15) is 15.9 Å². The van der Waals surface area contributed by atoms with Crippen molar-refractivity contribution in [2.24, 2.45) is 0 Å². The average Bonchev–Trinajstić information content (AvgIpc) is 3.20. The molecule has 12 heteroatoms. The number of amides is 1. The molecule has 1 aromatic carbocycles. The Morgan fingerprint density at radius 2 is 1.97 bits per heavy atom. The molecule has 0 radical (unpaired) electrons. The van der Waals surface area contributed by atoms with E-state index in [-0.39, 0.29) is 36.4 Å². The van der Waals surface area contributed by atoms with Gasteiger partial charge in [-0.05, 0) is 17.7 Å². The van der Waals surface area contributed by atoms with E-state index in [0.29, 0.717) is 16.6 Å². The van der Waals surface area contributed by atoms with Crippen LogP contribution >= 0.6 is 0 Å². The van der Waals surface area contributed by atoms with Crippen molar-refractivity contribution in [2.45, 2.75) is 13.1 Å². The van der Waals surface area contributed by atoms with E-state index >= 15 is 0 Å². The summed E-state index contributed by atoms with van der Waals surface area (Å²) in [6.07, 6.45) is 4.22. The zero-order valence-electron chi connectivity index (χ0n) is 16.6. The first kappa shape index (κ1) is 20.7. The number of nitrogens with zero attached hydrogens (tertiary/aromatic N) is 5. The lowest BCUT2D eigenvalue weighted by Crippen LogP contribution is -2.31. The topological polar surface area (TPSA) is 158 Å². The zero-order valence-corrected chi connectivity index (χ0v) is 16.6. The second-order valence-corrected chi connectivity index (χ2v) is 6.87. The minimum atomic E-state index is -0.512. The molecule has 1 amide bonds. The fraction of sp³-hybridized carbons (Fsp3) is 0.150. The molecule has 0 aliphatic carbocycles. The van der Waals surface area contributed by atoms with E-state index in [0.717, 1.165) is 0 Å². The van der Waals surface area contributed by atoms with Gasteiger partial charge >= 0.3 is 0 Å². The second-order valence-electron chi connectivity index (χ2n) is 6.87. The number of non-ortho nitro benzene ring substituents is 1. The molecule has 4 rings (SSSR count). The third kappa shape index (κ3) is 4.14. The van der Waals surface area contributed by atoms with Crippen molar-refractivity contribution in [3.63, 3.8) is 0 Å². The van der Waals surface area contributed by atoms with Crippen LogP contribution in [0.5, 0.6) is 0 Å². The largest absolute Gasteiger partial charge is 0.350 e. The average molecular weight is 435 g/mol. The normalized spacial score (nSPS) is 10.9. The van der Waals surface area contributed by atoms with Gasteiger partial charge in [-0.1, -0.05) is 12.1 Å². The van der Waals surface area contributed by atoms with Crippen molar-refractivity contribution in [2.75, 3.05) is 6.54 Å². The molecule has 0 aliphatic rings. The van der Waals surface area contributed by atoms with Gasteiger partial charge < -0.3 is 10.3 Å². The molecule has 2 N–H and O–H groups in total. The summed E-state index contributed by atoms with van der Waals surface area (Å²) >= 11 is 0. The van der Waals surface area contributed by atoms with E-state index < -0.39 is 16.4 Å². The predicted octanol–water partition coefficient (Wildman–Crippen LogP) is 0.668. The van der Waals surface area contributed by atoms with Crippen LogP contribution in [0.15, 0.2) is 64.7 Å². The SMILES string of the molecule is O=C(NCCn1ncc2c(=O)n(Cc3ccc([N+](=O)[O-])cc3)cnc21)c1ccc[nH]c1=O. The van der Waals surface area contributed by atoms with Crippen molar-refractivity contribution in [1.82, 2.24) is 29.6 Å². The van der Waals surface area contributed by atoms with Crippen LogP contribution in [0.25, 0.3) is 11.0 Å². The number of nitro groups is 1. The smallest absolute Gasteiger partial charge is 0.269 e. The highest BCUT2D eigenvalue weighted by molar-refractivity contribution is 5.93. The third-order valence-corrected chi connectivity index (χ3v) is 4.79. The number of carbonyl (C=O) groups is 1. The fourth-order valence-electron chi connectivity index (χ4n) is 3.16. The number of benzene rings is 1. The number of rotatable bonds is 7. The van der Waals surface area contributed by atoms with Gasteiger partial charge in [0.05, 0.1) is 24.2 Å². The van der Waals surface area contributed by atoms with Crippen LogP contribution in [0.3, 0.4) is 0 Å². The Hall–Kier alpha value is -4.61. The number of aromatic amines is 1. The highest BCUT2D eigenvalue weighted by Crippen LogP contribution is 2.13. The first-order valence-corrected chi connectivity index (χ1v) is 9.54. The Morgan fingerprint density at radius 1 is 1.19 bits per heavy atom. The fourth-order valence-corrected chi connectivity index (χ4v) is 3.16. The number of nitrogens with one attached hydrogen (secondary N) is 2. The highest BCUT2D eigenvalue weighted by Gasteiger charge is 2.13. The number of pyridine rings is 1. The summed E-state index contributed by atoms with van der Waals surface area (Å²) in [5.41, 5.74) is 0.265. The second kappa shape index (κ2) is 8.63. The van der Waals surface area contributed by atoms with Gasteiger partial charge in [0, 0.05) is 24.9 Å². The minimum Gasteiger partial charge on any atom is -0.350 e. The number of hydrogen-bond donors (Lipinski definition) is 2. The molecule has 0 aliphatic heterocycles. The molecule has 0 unspecified atom stereocenters. The van der Waals surface area contributed by atoms with Crippen molar-refractivity contribution in [1.29, 1.82) is 0 Å². The lowest BCUT2D eigenvalue weighted by atomic mass is 10.2. The monoisotopic (exact) mass is 435 g/mol. The van der Waals surface area contributed by atoms with Gasteiger partial charge in [0.15, 0.2) is 5.65 Å². The maximum Gasteiger partial charge on any atom is 0.269 e. The van der Waals surface area contributed by atoms with Crippen LogP contribution < -0.4 is 16.4 Å². The summed E-state index contributed by atoms with van der Waals surface area (Å²) in [5.74, 6) is -0.512. The van der Waals surface area contributed by atoms with Crippen LogP contribution in [0.4, 0.5) is 5.69 Å². The molecule has 162 valence electrons. The Morgan fingerprint density at radius 3 is 2.69 bits per heavy atom. The number of H-pyrrole nitrogens is 1. The number of aromatic nitrogens is 5. The molecule has 0 saturated carbocycles. The maximum atomic E-state index is 12.8. The van der Waals surface area contributed by atoms with Crippen molar-refractivity contribution >= 4 is 22.6 Å². The molecular formula is C20H17N7O5. The van der Waals surface area contributed by atoms with E-state index in [9.17, 15) is 24.5 Å². The molecule has 0 atom stereocenters. The first-order chi connectivity index (χ1) is 15.4. The summed E-state index contributed by atoms with van der Waals surface area (Å²) in [4.78, 5) is 53.6. The molecule has 0 fully saturated rings. The van der Waals surface area contributed by atoms with Gasteiger partial charge in [-0.3, -0.25) is 29.1 Å². The van der Waals surface area contributed by atoms with Crippen molar-refractivity contribution in [3.8, 4) is 0 Å². The number of hydrogen-bond acceptors (Lipinski definition) is 7. The van der Waals surface area contributed by atoms with E-state index in [1.54, 1.807) is 18.2 Å². The Kier molecular flexibility index (Phi) is 5.57. The number of fused-ring (bicyclic) bond motifs is 1. The molecular weight excluding hydrogens is 418 g/mol. The van der Waals surface area contributed by atoms with Crippen LogP contribution in [0, 0.1) is 10.1 Å². The van der Waals surface area contributed by atoms with Crippen LogP contribution in [-0.4, -0.2) is 41.7 Å². The number of carbonyl (C=O) groups excluding carboxylic acids is 1. The first-order valence-electron chi connectivity index (χ1n) is 9.54. The van der Waals surface area contributed by atoms with E-state index in [4.69, 9.17) is 0 Å². The van der Waals surface area contributed by atoms with Gasteiger partial charge in [-0.2, -0.15) is 5.10 Å². The lowest BCUT2D eigenvalue weighted by molar-refractivity contribution is -0.384. The molecule has 0 spiro atoms. The quantitative estimate of drug-likeness (QED) is 0.319. The van der Waals surface area contributed by atoms with E-state index in [1.165, 1.54) is 46.2 Å². The third-order valence-electron chi connectivity index (χ3n) is 4.79. The Labute approximate surface area is 179 Å². The predicted molar refractivity (Wildman–Crippen MR) is 113 cm³/mol. The Balaban J connectivity index is 1.46. The summed E-state index contributed by atoms with van der Waals surface area (Å²) in [6, 6.07) is 8.90. The van der Waals surface area contributed by atoms with E-state index in [2.05, 4.69) is 20.4 Å². The molecule has 3 heterocycles. The van der Waals surface area contributed by atoms with Gasteiger partial charge in [0.1, 0.15) is 17.3 Å². The zero-order chi connectivity index (χ0) is 22.7. The van der Waals surface area contributed by atoms with E-state index in [1.807, 2.05) is 0 Å². The summed E-state index contributed by atoms with van der Waals surface area (Å²) in [6.45, 7) is 0.628. The molecule has 0 bridgehead atoms. The summed E-state index contributed by atoms with van der Waals surface area (Å²) in [5, 5.41) is 17.9. The maximum absolute atomic E-state index is 12.8. The molecule has 32 heavy (non-hydrogen) atoms. The number of nitro benzene ring substituents is 1. The minimum absolute atomic E-state index is 0.00470.